The average molecular weight is 277 g/mol. The zero-order valence-electron chi connectivity index (χ0n) is 9.15. The van der Waals surface area contributed by atoms with Gasteiger partial charge in [0.1, 0.15) is 5.56 Å². The monoisotopic (exact) mass is 277 g/mol. The molecule has 1 rings (SSSR count). The molecule has 98 valence electrons. The molecular formula is C11H10F3NO2S. The van der Waals surface area contributed by atoms with Crippen LogP contribution in [-0.4, -0.2) is 10.7 Å². The molecule has 7 heteroatoms. The van der Waals surface area contributed by atoms with Gasteiger partial charge in [-0.3, -0.25) is 10.1 Å². The van der Waals surface area contributed by atoms with E-state index < -0.39 is 22.4 Å². The number of nitrogens with zero attached hydrogens (tertiary/aromatic N) is 1. The van der Waals surface area contributed by atoms with Crippen molar-refractivity contribution < 1.29 is 18.1 Å². The molecule has 0 aliphatic heterocycles. The van der Waals surface area contributed by atoms with Gasteiger partial charge in [0.05, 0.1) is 4.92 Å². The second-order valence-corrected chi connectivity index (χ2v) is 3.89. The molecule has 0 saturated carbocycles. The fraction of sp³-hybridized carbons (Fsp3) is 0.273. The quantitative estimate of drug-likeness (QED) is 0.514. The van der Waals surface area contributed by atoms with Gasteiger partial charge in [0.15, 0.2) is 0 Å². The molecule has 0 aromatic heterocycles. The van der Waals surface area contributed by atoms with E-state index in [2.05, 4.69) is 12.6 Å². The van der Waals surface area contributed by atoms with E-state index in [9.17, 15) is 23.3 Å². The number of halogens is 3. The van der Waals surface area contributed by atoms with Gasteiger partial charge in [0, 0.05) is 6.07 Å². The lowest BCUT2D eigenvalue weighted by Crippen LogP contribution is -2.08. The molecule has 0 spiro atoms. The number of benzene rings is 1. The second kappa shape index (κ2) is 5.90. The van der Waals surface area contributed by atoms with Gasteiger partial charge in [-0.1, -0.05) is 18.2 Å². The fourth-order valence-corrected chi connectivity index (χ4v) is 1.49. The van der Waals surface area contributed by atoms with Crippen LogP contribution in [-0.2, 0) is 6.18 Å². The molecule has 0 N–H and O–H groups in total. The normalized spacial score (nSPS) is 12.0. The van der Waals surface area contributed by atoms with Crippen LogP contribution in [0.2, 0.25) is 0 Å². The van der Waals surface area contributed by atoms with Crippen LogP contribution in [0.1, 0.15) is 17.5 Å². The summed E-state index contributed by atoms with van der Waals surface area (Å²) in [6, 6.07) is 2.83. The van der Waals surface area contributed by atoms with Gasteiger partial charge in [-0.2, -0.15) is 25.8 Å². The lowest BCUT2D eigenvalue weighted by atomic mass is 10.1. The summed E-state index contributed by atoms with van der Waals surface area (Å²) in [6.07, 6.45) is -0.865. The van der Waals surface area contributed by atoms with E-state index in [0.29, 0.717) is 17.7 Å². The molecule has 0 aliphatic carbocycles. The number of nitro groups is 1. The van der Waals surface area contributed by atoms with Gasteiger partial charge in [-0.15, -0.1) is 0 Å². The Bertz CT molecular complexity index is 472. The average Bonchev–Trinajstić information content (AvgIpc) is 2.27. The Morgan fingerprint density at radius 2 is 2.06 bits per heavy atom. The molecule has 0 unspecified atom stereocenters. The standard InChI is InChI=1S/C11H10F3NO2S/c12-11(13,14)9-5-4-8(3-1-2-6-18)7-10(9)15(16)17/h1,3-5,7,18H,2,6H2. The van der Waals surface area contributed by atoms with Gasteiger partial charge >= 0.3 is 6.18 Å². The fourth-order valence-electron chi connectivity index (χ4n) is 1.34. The van der Waals surface area contributed by atoms with Crippen molar-refractivity contribution in [2.24, 2.45) is 0 Å². The van der Waals surface area contributed by atoms with E-state index in [1.165, 1.54) is 12.1 Å². The third-order valence-electron chi connectivity index (χ3n) is 2.13. The molecule has 18 heavy (non-hydrogen) atoms. The van der Waals surface area contributed by atoms with Crippen molar-refractivity contribution in [1.29, 1.82) is 0 Å². The number of thiol groups is 1. The van der Waals surface area contributed by atoms with Crippen molar-refractivity contribution in [3.8, 4) is 0 Å². The van der Waals surface area contributed by atoms with Crippen LogP contribution in [0.25, 0.3) is 6.08 Å². The highest BCUT2D eigenvalue weighted by atomic mass is 32.1. The molecule has 0 amide bonds. The molecule has 1 aromatic carbocycles. The largest absolute Gasteiger partial charge is 0.422 e. The van der Waals surface area contributed by atoms with E-state index >= 15 is 0 Å². The van der Waals surface area contributed by atoms with Crippen molar-refractivity contribution >= 4 is 24.4 Å². The number of nitro benzene ring substituents is 1. The summed E-state index contributed by atoms with van der Waals surface area (Å²) in [6.45, 7) is 0. The number of alkyl halides is 3. The number of hydrogen-bond donors (Lipinski definition) is 1. The van der Waals surface area contributed by atoms with Crippen LogP contribution in [0, 0.1) is 10.1 Å². The smallest absolute Gasteiger partial charge is 0.258 e. The highest BCUT2D eigenvalue weighted by Crippen LogP contribution is 2.36. The molecule has 0 aliphatic rings. The maximum atomic E-state index is 12.5. The van der Waals surface area contributed by atoms with Crippen LogP contribution >= 0.6 is 12.6 Å². The third-order valence-corrected chi connectivity index (χ3v) is 2.39. The predicted molar refractivity (Wildman–Crippen MR) is 65.6 cm³/mol. The maximum absolute atomic E-state index is 12.5. The molecule has 3 nitrogen and oxygen atoms in total. The summed E-state index contributed by atoms with van der Waals surface area (Å²) in [5, 5.41) is 10.6. The van der Waals surface area contributed by atoms with Crippen LogP contribution in [0.4, 0.5) is 18.9 Å². The lowest BCUT2D eigenvalue weighted by Gasteiger charge is -2.07. The first kappa shape index (κ1) is 14.6. The first-order valence-corrected chi connectivity index (χ1v) is 5.62. The minimum absolute atomic E-state index is 0.358. The third kappa shape index (κ3) is 3.76. The molecule has 0 fully saturated rings. The topological polar surface area (TPSA) is 43.1 Å². The highest BCUT2D eigenvalue weighted by Gasteiger charge is 2.38. The van der Waals surface area contributed by atoms with Crippen molar-refractivity contribution in [1.82, 2.24) is 0 Å². The van der Waals surface area contributed by atoms with Crippen LogP contribution in [0.3, 0.4) is 0 Å². The first-order chi connectivity index (χ1) is 8.36. The van der Waals surface area contributed by atoms with E-state index in [4.69, 9.17) is 0 Å². The SMILES string of the molecule is O=[N+]([O-])c1cc(C=CCCS)ccc1C(F)(F)F. The molecule has 1 aromatic rings. The van der Waals surface area contributed by atoms with Crippen molar-refractivity contribution in [2.45, 2.75) is 12.6 Å². The number of hydrogen-bond acceptors (Lipinski definition) is 3. The number of rotatable bonds is 4. The van der Waals surface area contributed by atoms with Gasteiger partial charge in [-0.05, 0) is 23.8 Å². The Morgan fingerprint density at radius 3 is 2.56 bits per heavy atom. The van der Waals surface area contributed by atoms with Crippen molar-refractivity contribution in [2.75, 3.05) is 5.75 Å². The molecular weight excluding hydrogens is 267 g/mol. The Hall–Kier alpha value is -1.50. The van der Waals surface area contributed by atoms with Gasteiger partial charge in [0.25, 0.3) is 5.69 Å². The van der Waals surface area contributed by atoms with E-state index in [1.54, 1.807) is 6.08 Å². The van der Waals surface area contributed by atoms with Crippen molar-refractivity contribution in [3.05, 3.63) is 45.5 Å². The zero-order chi connectivity index (χ0) is 13.8. The highest BCUT2D eigenvalue weighted by molar-refractivity contribution is 7.80. The van der Waals surface area contributed by atoms with Crippen molar-refractivity contribution in [3.63, 3.8) is 0 Å². The van der Waals surface area contributed by atoms with E-state index in [0.717, 1.165) is 12.1 Å². The summed E-state index contributed by atoms with van der Waals surface area (Å²) in [7, 11) is 0. The summed E-state index contributed by atoms with van der Waals surface area (Å²) in [5.41, 5.74) is -1.81. The molecule has 0 heterocycles. The molecule has 0 bridgehead atoms. The summed E-state index contributed by atoms with van der Waals surface area (Å²) in [5.74, 6) is 0.596. The van der Waals surface area contributed by atoms with Gasteiger partial charge in [0.2, 0.25) is 0 Å². The molecule has 0 saturated heterocycles. The first-order valence-electron chi connectivity index (χ1n) is 4.99. The Morgan fingerprint density at radius 1 is 1.39 bits per heavy atom. The summed E-state index contributed by atoms with van der Waals surface area (Å²) in [4.78, 5) is 9.59. The maximum Gasteiger partial charge on any atom is 0.422 e. The predicted octanol–water partition coefficient (Wildman–Crippen LogP) is 3.95. The minimum Gasteiger partial charge on any atom is -0.258 e. The second-order valence-electron chi connectivity index (χ2n) is 3.45. The van der Waals surface area contributed by atoms with E-state index in [1.807, 2.05) is 0 Å². The molecule has 0 atom stereocenters. The van der Waals surface area contributed by atoms with Crippen LogP contribution < -0.4 is 0 Å². The van der Waals surface area contributed by atoms with Crippen LogP contribution in [0.5, 0.6) is 0 Å². The summed E-state index contributed by atoms with van der Waals surface area (Å²) < 4.78 is 37.5. The Kier molecular flexibility index (Phi) is 4.77. The Labute approximate surface area is 107 Å². The number of allylic oxidation sites excluding steroid dienone is 1. The van der Waals surface area contributed by atoms with Crippen LogP contribution in [0.15, 0.2) is 24.3 Å². The van der Waals surface area contributed by atoms with E-state index in [-0.39, 0.29) is 0 Å². The Balaban J connectivity index is 3.16. The summed E-state index contributed by atoms with van der Waals surface area (Å²) >= 11 is 3.97. The van der Waals surface area contributed by atoms with Gasteiger partial charge in [-0.25, -0.2) is 0 Å². The minimum atomic E-state index is -4.73. The molecule has 0 radical (unpaired) electrons. The zero-order valence-corrected chi connectivity index (χ0v) is 10.0. The van der Waals surface area contributed by atoms with Gasteiger partial charge < -0.3 is 0 Å². The lowest BCUT2D eigenvalue weighted by molar-refractivity contribution is -0.388.